The monoisotopic (exact) mass is 214 g/mol. The maximum atomic E-state index is 5.38. The van der Waals surface area contributed by atoms with Gasteiger partial charge in [0.1, 0.15) is 5.52 Å². The summed E-state index contributed by atoms with van der Waals surface area (Å²) >= 11 is 0. The van der Waals surface area contributed by atoms with E-state index in [1.807, 2.05) is 18.2 Å². The van der Waals surface area contributed by atoms with Crippen LogP contribution in [-0.4, -0.2) is 15.4 Å². The molecule has 0 saturated carbocycles. The molecule has 0 aliphatic carbocycles. The first-order chi connectivity index (χ1) is 7.86. The molecule has 0 radical (unpaired) electrons. The van der Waals surface area contributed by atoms with Gasteiger partial charge in [0.05, 0.1) is 5.52 Å². The van der Waals surface area contributed by atoms with E-state index in [4.69, 9.17) is 5.73 Å². The summed E-state index contributed by atoms with van der Waals surface area (Å²) in [7, 11) is 0. The lowest BCUT2D eigenvalue weighted by molar-refractivity contribution is 0.957. The molecule has 0 bridgehead atoms. The zero-order valence-electron chi connectivity index (χ0n) is 8.98. The van der Waals surface area contributed by atoms with Crippen LogP contribution in [0.25, 0.3) is 11.0 Å². The number of rotatable bonds is 4. The summed E-state index contributed by atoms with van der Waals surface area (Å²) in [5, 5.41) is 10.8. The number of nitrogens with two attached hydrogens (primary N) is 1. The van der Waals surface area contributed by atoms with Crippen LogP contribution in [0.2, 0.25) is 0 Å². The lowest BCUT2D eigenvalue weighted by Crippen LogP contribution is -1.94. The van der Waals surface area contributed by atoms with E-state index in [0.717, 1.165) is 29.4 Å². The molecule has 0 aliphatic heterocycles. The number of H-pyrrole nitrogens is 1. The fourth-order valence-electron chi connectivity index (χ4n) is 1.77. The zero-order valence-corrected chi connectivity index (χ0v) is 8.98. The van der Waals surface area contributed by atoms with Crippen molar-refractivity contribution in [3.8, 4) is 0 Å². The molecule has 4 heteroatoms. The smallest absolute Gasteiger partial charge is 0.116 e. The molecule has 4 nitrogen and oxygen atoms in total. The molecule has 0 saturated heterocycles. The van der Waals surface area contributed by atoms with Crippen LogP contribution < -0.4 is 5.73 Å². The van der Waals surface area contributed by atoms with Crippen LogP contribution in [0.3, 0.4) is 0 Å². The number of nitrogens with zero attached hydrogens (tertiary/aromatic N) is 2. The minimum Gasteiger partial charge on any atom is -0.405 e. The number of nitrogens with one attached hydrogen (secondary N) is 1. The van der Waals surface area contributed by atoms with Gasteiger partial charge in [0, 0.05) is 0 Å². The van der Waals surface area contributed by atoms with Crippen LogP contribution in [0.1, 0.15) is 11.1 Å². The summed E-state index contributed by atoms with van der Waals surface area (Å²) in [4.78, 5) is 0. The van der Waals surface area contributed by atoms with Gasteiger partial charge in [0.25, 0.3) is 0 Å². The van der Waals surface area contributed by atoms with Gasteiger partial charge in [0.15, 0.2) is 0 Å². The molecule has 0 unspecified atom stereocenters. The van der Waals surface area contributed by atoms with Crippen molar-refractivity contribution in [2.45, 2.75) is 12.8 Å². The second-order valence-electron chi connectivity index (χ2n) is 3.54. The Hall–Kier alpha value is -2.10. The molecular weight excluding hydrogens is 200 g/mol. The highest BCUT2D eigenvalue weighted by Crippen LogP contribution is 2.20. The number of benzene rings is 1. The Balaban J connectivity index is 2.55. The van der Waals surface area contributed by atoms with Crippen molar-refractivity contribution in [3.63, 3.8) is 0 Å². The van der Waals surface area contributed by atoms with Gasteiger partial charge in [-0.3, -0.25) is 5.10 Å². The number of aromatic amines is 1. The number of hydrogen-bond donors (Lipinski definition) is 2. The first-order valence-electron chi connectivity index (χ1n) is 5.16. The molecule has 1 aromatic heterocycles. The molecule has 82 valence electrons. The second kappa shape index (κ2) is 4.61. The van der Waals surface area contributed by atoms with Crippen molar-refractivity contribution in [2.75, 3.05) is 0 Å². The summed E-state index contributed by atoms with van der Waals surface area (Å²) in [5.41, 5.74) is 9.62. The van der Waals surface area contributed by atoms with E-state index in [1.54, 1.807) is 6.20 Å². The second-order valence-corrected chi connectivity index (χ2v) is 3.54. The van der Waals surface area contributed by atoms with Crippen molar-refractivity contribution < 1.29 is 0 Å². The summed E-state index contributed by atoms with van der Waals surface area (Å²) < 4.78 is 0. The van der Waals surface area contributed by atoms with Crippen LogP contribution in [0.5, 0.6) is 0 Å². The van der Waals surface area contributed by atoms with Gasteiger partial charge in [-0.2, -0.15) is 0 Å². The zero-order chi connectivity index (χ0) is 11.4. The molecule has 1 aromatic carbocycles. The van der Waals surface area contributed by atoms with Crippen molar-refractivity contribution in [2.24, 2.45) is 5.73 Å². The Morgan fingerprint density at radius 1 is 1.38 bits per heavy atom. The normalized spacial score (nSPS) is 11.2. The molecule has 1 heterocycles. The number of fused-ring (bicyclic) bond motifs is 1. The fourth-order valence-corrected chi connectivity index (χ4v) is 1.77. The van der Waals surface area contributed by atoms with E-state index in [1.165, 1.54) is 5.56 Å². The molecular formula is C12H14N4. The van der Waals surface area contributed by atoms with Crippen molar-refractivity contribution in [1.82, 2.24) is 15.4 Å². The highest BCUT2D eigenvalue weighted by Gasteiger charge is 2.08. The quantitative estimate of drug-likeness (QED) is 0.761. The standard InChI is InChI=1S/C12H14N4/c1-2-4-9-6-7-11-12(15-16-14-11)10(9)5-3-8-13/h2-3,6-8H,1,4-5,13H2,(H,14,15,16). The Morgan fingerprint density at radius 2 is 2.25 bits per heavy atom. The van der Waals surface area contributed by atoms with E-state index in [-0.39, 0.29) is 0 Å². The van der Waals surface area contributed by atoms with Crippen molar-refractivity contribution in [1.29, 1.82) is 0 Å². The molecule has 16 heavy (non-hydrogen) atoms. The predicted octanol–water partition coefficient (Wildman–Crippen LogP) is 1.70. The molecule has 0 atom stereocenters. The molecule has 0 spiro atoms. The maximum Gasteiger partial charge on any atom is 0.116 e. The Labute approximate surface area is 93.8 Å². The Kier molecular flexibility index (Phi) is 3.00. The lowest BCUT2D eigenvalue weighted by atomic mass is 10.00. The highest BCUT2D eigenvalue weighted by atomic mass is 15.3. The van der Waals surface area contributed by atoms with E-state index >= 15 is 0 Å². The maximum absolute atomic E-state index is 5.38. The number of hydrogen-bond acceptors (Lipinski definition) is 3. The SMILES string of the molecule is C=CCc1ccc2[nH]nnc2c1CC=CN. The fraction of sp³-hybridized carbons (Fsp3) is 0.167. The van der Waals surface area contributed by atoms with Crippen LogP contribution in [0.4, 0.5) is 0 Å². The highest BCUT2D eigenvalue weighted by molar-refractivity contribution is 5.79. The van der Waals surface area contributed by atoms with Gasteiger partial charge in [-0.25, -0.2) is 0 Å². The number of aromatic nitrogens is 3. The Bertz CT molecular complexity index is 525. The third kappa shape index (κ3) is 1.82. The van der Waals surface area contributed by atoms with Crippen molar-refractivity contribution in [3.05, 3.63) is 48.2 Å². The average Bonchev–Trinajstić information content (AvgIpc) is 2.76. The first kappa shape index (κ1) is 10.4. The first-order valence-corrected chi connectivity index (χ1v) is 5.16. The molecule has 0 fully saturated rings. The lowest BCUT2D eigenvalue weighted by Gasteiger charge is -2.05. The van der Waals surface area contributed by atoms with Gasteiger partial charge >= 0.3 is 0 Å². The molecule has 2 aromatic rings. The van der Waals surface area contributed by atoms with E-state index < -0.39 is 0 Å². The van der Waals surface area contributed by atoms with Crippen molar-refractivity contribution >= 4 is 11.0 Å². The Morgan fingerprint density at radius 3 is 3.00 bits per heavy atom. The summed E-state index contributed by atoms with van der Waals surface area (Å²) in [6.45, 7) is 3.76. The van der Waals surface area contributed by atoms with Gasteiger partial charge in [-0.15, -0.1) is 11.7 Å². The van der Waals surface area contributed by atoms with Gasteiger partial charge in [-0.05, 0) is 36.2 Å². The predicted molar refractivity (Wildman–Crippen MR) is 64.8 cm³/mol. The number of allylic oxidation sites excluding steroid dienone is 2. The average molecular weight is 214 g/mol. The van der Waals surface area contributed by atoms with Crippen LogP contribution in [-0.2, 0) is 12.8 Å². The van der Waals surface area contributed by atoms with Gasteiger partial charge in [-0.1, -0.05) is 23.4 Å². The summed E-state index contributed by atoms with van der Waals surface area (Å²) in [6, 6.07) is 4.06. The van der Waals surface area contributed by atoms with Gasteiger partial charge < -0.3 is 5.73 Å². The third-order valence-corrected chi connectivity index (χ3v) is 2.52. The molecule has 2 rings (SSSR count). The van der Waals surface area contributed by atoms with Crippen LogP contribution >= 0.6 is 0 Å². The van der Waals surface area contributed by atoms with Crippen LogP contribution in [0, 0.1) is 0 Å². The topological polar surface area (TPSA) is 67.6 Å². The van der Waals surface area contributed by atoms with Gasteiger partial charge in [0.2, 0.25) is 0 Å². The minimum atomic E-state index is 0.767. The minimum absolute atomic E-state index is 0.767. The summed E-state index contributed by atoms with van der Waals surface area (Å²) in [5.74, 6) is 0. The largest absolute Gasteiger partial charge is 0.405 e. The molecule has 3 N–H and O–H groups in total. The summed E-state index contributed by atoms with van der Waals surface area (Å²) in [6.07, 6.45) is 6.95. The third-order valence-electron chi connectivity index (χ3n) is 2.52. The van der Waals surface area contributed by atoms with E-state index in [2.05, 4.69) is 28.1 Å². The van der Waals surface area contributed by atoms with Crippen LogP contribution in [0.15, 0.2) is 37.1 Å². The van der Waals surface area contributed by atoms with E-state index in [0.29, 0.717) is 0 Å². The molecule has 0 amide bonds. The van der Waals surface area contributed by atoms with E-state index in [9.17, 15) is 0 Å². The molecule has 0 aliphatic rings.